The minimum absolute atomic E-state index is 0.150. The lowest BCUT2D eigenvalue weighted by Crippen LogP contribution is -2.54. The third-order valence-corrected chi connectivity index (χ3v) is 4.26. The minimum Gasteiger partial charge on any atom is -0.468 e. The number of methoxy groups -OCH3 is 1. The predicted octanol–water partition coefficient (Wildman–Crippen LogP) is 2.82. The van der Waals surface area contributed by atoms with Gasteiger partial charge in [0.15, 0.2) is 0 Å². The van der Waals surface area contributed by atoms with Gasteiger partial charge in [-0.05, 0) is 52.0 Å². The van der Waals surface area contributed by atoms with Crippen LogP contribution in [0, 0.1) is 5.92 Å². The molecule has 0 radical (unpaired) electrons. The monoisotopic (exact) mass is 298 g/mol. The number of hydrogen-bond acceptors (Lipinski definition) is 4. The Labute approximate surface area is 130 Å². The highest BCUT2D eigenvalue weighted by molar-refractivity contribution is 5.80. The molecule has 0 bridgehead atoms. The van der Waals surface area contributed by atoms with Crippen LogP contribution in [0.5, 0.6) is 0 Å². The van der Waals surface area contributed by atoms with Crippen molar-refractivity contribution >= 4 is 5.97 Å². The van der Waals surface area contributed by atoms with E-state index in [4.69, 9.17) is 4.74 Å². The fraction of sp³-hybridized carbons (Fsp3) is 0.941. The highest BCUT2D eigenvalue weighted by Gasteiger charge is 2.39. The van der Waals surface area contributed by atoms with E-state index in [0.29, 0.717) is 12.0 Å². The van der Waals surface area contributed by atoms with Gasteiger partial charge < -0.3 is 10.1 Å². The SMILES string of the molecule is CCCNC(C)(CC(C)N(CC(C)C)C1CC1)C(=O)OC. The summed E-state index contributed by atoms with van der Waals surface area (Å²) in [6.07, 6.45) is 4.41. The Hall–Kier alpha value is -0.610. The lowest BCUT2D eigenvalue weighted by atomic mass is 9.92. The highest BCUT2D eigenvalue weighted by atomic mass is 16.5. The maximum Gasteiger partial charge on any atom is 0.325 e. The zero-order chi connectivity index (χ0) is 16.0. The number of carbonyl (C=O) groups is 1. The molecule has 0 saturated heterocycles. The van der Waals surface area contributed by atoms with Gasteiger partial charge in [0, 0.05) is 18.6 Å². The highest BCUT2D eigenvalue weighted by Crippen LogP contribution is 2.31. The standard InChI is InChI=1S/C17H34N2O2/c1-7-10-18-17(5,16(20)21-6)11-14(4)19(12-13(2)3)15-8-9-15/h13-15,18H,7-12H2,1-6H3. The Morgan fingerprint density at radius 1 is 1.38 bits per heavy atom. The Bertz CT molecular complexity index is 329. The van der Waals surface area contributed by atoms with Gasteiger partial charge in [-0.2, -0.15) is 0 Å². The van der Waals surface area contributed by atoms with Crippen molar-refractivity contribution in [1.82, 2.24) is 10.2 Å². The number of esters is 1. The summed E-state index contributed by atoms with van der Waals surface area (Å²) in [5.41, 5.74) is -0.589. The molecule has 0 heterocycles. The fourth-order valence-corrected chi connectivity index (χ4v) is 3.08. The summed E-state index contributed by atoms with van der Waals surface area (Å²) in [5.74, 6) is 0.504. The Kier molecular flexibility index (Phi) is 7.14. The summed E-state index contributed by atoms with van der Waals surface area (Å²) < 4.78 is 5.03. The minimum atomic E-state index is -0.589. The van der Waals surface area contributed by atoms with E-state index in [1.165, 1.54) is 20.0 Å². The van der Waals surface area contributed by atoms with Crippen molar-refractivity contribution in [2.75, 3.05) is 20.2 Å². The molecule has 1 fully saturated rings. The van der Waals surface area contributed by atoms with Crippen LogP contribution in [-0.4, -0.2) is 48.7 Å². The first-order valence-corrected chi connectivity index (χ1v) is 8.43. The predicted molar refractivity (Wildman–Crippen MR) is 87.4 cm³/mol. The normalized spacial score (nSPS) is 19.6. The third kappa shape index (κ3) is 5.59. The van der Waals surface area contributed by atoms with E-state index in [-0.39, 0.29) is 5.97 Å². The molecular formula is C17H34N2O2. The van der Waals surface area contributed by atoms with Crippen LogP contribution >= 0.6 is 0 Å². The van der Waals surface area contributed by atoms with Crippen LogP contribution in [-0.2, 0) is 9.53 Å². The number of nitrogens with zero attached hydrogens (tertiary/aromatic N) is 1. The Morgan fingerprint density at radius 2 is 2.00 bits per heavy atom. The quantitative estimate of drug-likeness (QED) is 0.630. The van der Waals surface area contributed by atoms with E-state index in [2.05, 4.69) is 37.9 Å². The number of hydrogen-bond donors (Lipinski definition) is 1. The molecule has 1 aliphatic rings. The first-order valence-electron chi connectivity index (χ1n) is 8.43. The van der Waals surface area contributed by atoms with E-state index in [9.17, 15) is 4.79 Å². The molecule has 4 heteroatoms. The number of ether oxygens (including phenoxy) is 1. The van der Waals surface area contributed by atoms with E-state index < -0.39 is 5.54 Å². The molecular weight excluding hydrogens is 264 g/mol. The molecule has 2 atom stereocenters. The molecule has 0 amide bonds. The summed E-state index contributed by atoms with van der Waals surface area (Å²) in [6.45, 7) is 12.8. The van der Waals surface area contributed by atoms with Crippen molar-refractivity contribution in [3.05, 3.63) is 0 Å². The molecule has 2 unspecified atom stereocenters. The maximum atomic E-state index is 12.2. The van der Waals surface area contributed by atoms with Crippen LogP contribution in [0.3, 0.4) is 0 Å². The first-order chi connectivity index (χ1) is 9.84. The zero-order valence-corrected chi connectivity index (χ0v) is 14.7. The Balaban J connectivity index is 2.72. The summed E-state index contributed by atoms with van der Waals surface area (Å²) in [4.78, 5) is 14.8. The molecule has 0 aromatic rings. The van der Waals surface area contributed by atoms with Crippen molar-refractivity contribution in [1.29, 1.82) is 0 Å². The van der Waals surface area contributed by atoms with Gasteiger partial charge >= 0.3 is 5.97 Å². The fourth-order valence-electron chi connectivity index (χ4n) is 3.08. The zero-order valence-electron chi connectivity index (χ0n) is 14.7. The second-order valence-electron chi connectivity index (χ2n) is 7.13. The average Bonchev–Trinajstić information content (AvgIpc) is 3.25. The molecule has 21 heavy (non-hydrogen) atoms. The van der Waals surface area contributed by atoms with Gasteiger partial charge in [-0.1, -0.05) is 20.8 Å². The number of nitrogens with one attached hydrogen (secondary N) is 1. The summed E-state index contributed by atoms with van der Waals surface area (Å²) >= 11 is 0. The lowest BCUT2D eigenvalue weighted by Gasteiger charge is -2.37. The van der Waals surface area contributed by atoms with Gasteiger partial charge in [-0.25, -0.2) is 0 Å². The molecule has 124 valence electrons. The van der Waals surface area contributed by atoms with Gasteiger partial charge in [-0.15, -0.1) is 0 Å². The van der Waals surface area contributed by atoms with Gasteiger partial charge in [0.2, 0.25) is 0 Å². The topological polar surface area (TPSA) is 41.6 Å². The summed E-state index contributed by atoms with van der Waals surface area (Å²) in [6, 6.07) is 1.10. The van der Waals surface area contributed by atoms with Crippen molar-refractivity contribution in [2.24, 2.45) is 5.92 Å². The van der Waals surface area contributed by atoms with E-state index in [1.54, 1.807) is 0 Å². The lowest BCUT2D eigenvalue weighted by molar-refractivity contribution is -0.148. The van der Waals surface area contributed by atoms with E-state index >= 15 is 0 Å². The molecule has 0 spiro atoms. The molecule has 1 saturated carbocycles. The van der Waals surface area contributed by atoms with Crippen molar-refractivity contribution < 1.29 is 9.53 Å². The molecule has 1 rings (SSSR count). The smallest absolute Gasteiger partial charge is 0.325 e. The van der Waals surface area contributed by atoms with Gasteiger partial charge in [0.05, 0.1) is 7.11 Å². The second-order valence-corrected chi connectivity index (χ2v) is 7.13. The van der Waals surface area contributed by atoms with Gasteiger partial charge in [0.1, 0.15) is 5.54 Å². The van der Waals surface area contributed by atoms with Gasteiger partial charge in [0.25, 0.3) is 0 Å². The van der Waals surface area contributed by atoms with Crippen LogP contribution < -0.4 is 5.32 Å². The molecule has 1 aliphatic carbocycles. The van der Waals surface area contributed by atoms with Crippen molar-refractivity contribution in [3.63, 3.8) is 0 Å². The first kappa shape index (κ1) is 18.4. The number of carbonyl (C=O) groups excluding carboxylic acids is 1. The number of rotatable bonds is 10. The maximum absolute atomic E-state index is 12.2. The molecule has 0 aromatic carbocycles. The van der Waals surface area contributed by atoms with Gasteiger partial charge in [-0.3, -0.25) is 9.69 Å². The molecule has 1 N–H and O–H groups in total. The molecule has 4 nitrogen and oxygen atoms in total. The van der Waals surface area contributed by atoms with Crippen LogP contribution in [0.4, 0.5) is 0 Å². The van der Waals surface area contributed by atoms with E-state index in [0.717, 1.165) is 32.0 Å². The van der Waals surface area contributed by atoms with Crippen LogP contribution in [0.1, 0.15) is 60.3 Å². The van der Waals surface area contributed by atoms with Crippen LogP contribution in [0.15, 0.2) is 0 Å². The van der Waals surface area contributed by atoms with Crippen LogP contribution in [0.25, 0.3) is 0 Å². The Morgan fingerprint density at radius 3 is 2.43 bits per heavy atom. The molecule has 0 aliphatic heterocycles. The largest absolute Gasteiger partial charge is 0.468 e. The average molecular weight is 298 g/mol. The van der Waals surface area contributed by atoms with Crippen molar-refractivity contribution in [2.45, 2.75) is 77.9 Å². The summed E-state index contributed by atoms with van der Waals surface area (Å²) in [7, 11) is 1.48. The van der Waals surface area contributed by atoms with Crippen molar-refractivity contribution in [3.8, 4) is 0 Å². The summed E-state index contributed by atoms with van der Waals surface area (Å²) in [5, 5.41) is 3.39. The van der Waals surface area contributed by atoms with E-state index in [1.807, 2.05) is 6.92 Å². The molecule has 0 aromatic heterocycles. The third-order valence-electron chi connectivity index (χ3n) is 4.26. The van der Waals surface area contributed by atoms with Crippen LogP contribution in [0.2, 0.25) is 0 Å². The second kappa shape index (κ2) is 8.14.